The second-order valence-electron chi connectivity index (χ2n) is 2.31. The van der Waals surface area contributed by atoms with Crippen LogP contribution in [0, 0.1) is 0 Å². The Bertz CT molecular complexity index is 279. The molecule has 1 aromatic heterocycles. The Morgan fingerprint density at radius 3 is 2.82 bits per heavy atom. The molecule has 1 aromatic rings. The average molecular weight is 190 g/mol. The fraction of sp³-hybridized carbons (Fsp3) is 0.286. The van der Waals surface area contributed by atoms with Gasteiger partial charge in [-0.2, -0.15) is 0 Å². The molecule has 0 radical (unpaired) electrons. The monoisotopic (exact) mass is 189 g/mol. The number of ether oxygens (including phenoxy) is 1. The van der Waals surface area contributed by atoms with Crippen molar-refractivity contribution in [2.24, 2.45) is 0 Å². The summed E-state index contributed by atoms with van der Waals surface area (Å²) in [7, 11) is 0. The zero-order valence-electron chi connectivity index (χ0n) is 5.50. The van der Waals surface area contributed by atoms with Gasteiger partial charge in [0.15, 0.2) is 5.56 Å². The minimum Gasteiger partial charge on any atom is -0.346 e. The summed E-state index contributed by atoms with van der Waals surface area (Å²) < 4.78 is 5.00. The van der Waals surface area contributed by atoms with Gasteiger partial charge in [-0.3, -0.25) is 4.98 Å². The smallest absolute Gasteiger partial charge is 0.164 e. The van der Waals surface area contributed by atoms with Gasteiger partial charge in [0.2, 0.25) is 0 Å². The van der Waals surface area contributed by atoms with Crippen LogP contribution >= 0.6 is 23.2 Å². The number of epoxide rings is 1. The number of rotatable bonds is 1. The van der Waals surface area contributed by atoms with Crippen molar-refractivity contribution >= 4 is 23.2 Å². The summed E-state index contributed by atoms with van der Waals surface area (Å²) in [6.07, 6.45) is 1.58. The van der Waals surface area contributed by atoms with E-state index in [-0.39, 0.29) is 11.7 Å². The molecule has 0 bridgehead atoms. The number of halogens is 2. The second-order valence-corrected chi connectivity index (χ2v) is 3.17. The zero-order valence-corrected chi connectivity index (χ0v) is 7.01. The number of nitrogens with zero attached hydrogens (tertiary/aromatic N) is 1. The second kappa shape index (κ2) is 2.63. The van der Waals surface area contributed by atoms with Crippen LogP contribution in [-0.4, -0.2) is 10.5 Å². The van der Waals surface area contributed by atoms with Gasteiger partial charge in [0.1, 0.15) is 6.10 Å². The molecule has 2 nitrogen and oxygen atoms in total. The molecule has 2 rings (SSSR count). The highest BCUT2D eigenvalue weighted by Crippen LogP contribution is 2.40. The summed E-state index contributed by atoms with van der Waals surface area (Å²) in [5.74, 6) is 0. The molecule has 0 spiro atoms. The summed E-state index contributed by atoms with van der Waals surface area (Å²) in [4.78, 5) is 4.06. The van der Waals surface area contributed by atoms with Crippen molar-refractivity contribution in [3.8, 4) is 0 Å². The van der Waals surface area contributed by atoms with Crippen LogP contribution in [0.4, 0.5) is 0 Å². The molecule has 2 heterocycles. The maximum absolute atomic E-state index is 5.73. The van der Waals surface area contributed by atoms with Gasteiger partial charge in [-0.05, 0) is 12.1 Å². The number of alkyl halides is 1. The Morgan fingerprint density at radius 1 is 1.55 bits per heavy atom. The molecule has 1 aliphatic heterocycles. The van der Waals surface area contributed by atoms with Gasteiger partial charge in [0, 0.05) is 11.2 Å². The Balaban J connectivity index is 2.25. The van der Waals surface area contributed by atoms with E-state index in [1.807, 2.05) is 0 Å². The van der Waals surface area contributed by atoms with Crippen LogP contribution < -0.4 is 0 Å². The minimum absolute atomic E-state index is 0.0598. The zero-order chi connectivity index (χ0) is 7.84. The molecule has 2 atom stereocenters. The van der Waals surface area contributed by atoms with Crippen LogP contribution in [-0.2, 0) is 4.74 Å². The highest BCUT2D eigenvalue weighted by Gasteiger charge is 2.39. The molecule has 0 aliphatic carbocycles. The Morgan fingerprint density at radius 2 is 2.27 bits per heavy atom. The topological polar surface area (TPSA) is 25.4 Å². The lowest BCUT2D eigenvalue weighted by Crippen LogP contribution is -1.86. The quantitative estimate of drug-likeness (QED) is 0.501. The van der Waals surface area contributed by atoms with Gasteiger partial charge < -0.3 is 4.74 Å². The molecule has 2 unspecified atom stereocenters. The van der Waals surface area contributed by atoms with E-state index in [9.17, 15) is 0 Å². The van der Waals surface area contributed by atoms with E-state index >= 15 is 0 Å². The lowest BCUT2D eigenvalue weighted by molar-refractivity contribution is 0.401. The van der Waals surface area contributed by atoms with Gasteiger partial charge in [-0.25, -0.2) is 0 Å². The summed E-state index contributed by atoms with van der Waals surface area (Å²) >= 11 is 11.4. The van der Waals surface area contributed by atoms with Crippen molar-refractivity contribution in [1.82, 2.24) is 4.98 Å². The van der Waals surface area contributed by atoms with E-state index in [2.05, 4.69) is 4.98 Å². The maximum atomic E-state index is 5.73. The molecule has 11 heavy (non-hydrogen) atoms. The van der Waals surface area contributed by atoms with Crippen molar-refractivity contribution < 1.29 is 4.74 Å². The molecule has 0 amide bonds. The van der Waals surface area contributed by atoms with Gasteiger partial charge in [-0.1, -0.05) is 23.2 Å². The molecule has 4 heteroatoms. The molecule has 0 aromatic carbocycles. The third kappa shape index (κ3) is 1.48. The third-order valence-corrected chi connectivity index (χ3v) is 2.04. The number of hydrogen-bond acceptors (Lipinski definition) is 2. The first kappa shape index (κ1) is 7.35. The standard InChI is InChI=1S/C7H5Cl2NO/c8-4-1-2-10-5(3-4)6-7(9)11-6/h1-3,6-7H. The average Bonchev–Trinajstić information content (AvgIpc) is 2.67. The highest BCUT2D eigenvalue weighted by atomic mass is 35.5. The summed E-state index contributed by atoms with van der Waals surface area (Å²) in [6.45, 7) is 0. The number of hydrogen-bond donors (Lipinski definition) is 0. The summed E-state index contributed by atoms with van der Waals surface area (Å²) in [5.41, 5.74) is 0.582. The number of pyridine rings is 1. The van der Waals surface area contributed by atoms with Crippen LogP contribution in [0.25, 0.3) is 0 Å². The van der Waals surface area contributed by atoms with Crippen molar-refractivity contribution in [2.75, 3.05) is 0 Å². The van der Waals surface area contributed by atoms with Gasteiger partial charge in [-0.15, -0.1) is 0 Å². The van der Waals surface area contributed by atoms with Crippen LogP contribution in [0.3, 0.4) is 0 Å². The SMILES string of the molecule is Clc1ccnc(C2OC2Cl)c1. The largest absolute Gasteiger partial charge is 0.346 e. The van der Waals surface area contributed by atoms with Gasteiger partial charge in [0.25, 0.3) is 0 Å². The minimum atomic E-state index is -0.221. The van der Waals surface area contributed by atoms with Gasteiger partial charge >= 0.3 is 0 Å². The predicted octanol–water partition coefficient (Wildman–Crippen LogP) is 2.37. The molecule has 1 fully saturated rings. The first-order valence-electron chi connectivity index (χ1n) is 3.18. The van der Waals surface area contributed by atoms with Crippen LogP contribution in [0.5, 0.6) is 0 Å². The number of aromatic nitrogens is 1. The highest BCUT2D eigenvalue weighted by molar-refractivity contribution is 6.30. The van der Waals surface area contributed by atoms with Gasteiger partial charge in [0.05, 0.1) is 5.69 Å². The molecule has 1 aliphatic rings. The maximum Gasteiger partial charge on any atom is 0.164 e. The molecule has 58 valence electrons. The molecule has 0 N–H and O–H groups in total. The van der Waals surface area contributed by atoms with Crippen LogP contribution in [0.2, 0.25) is 5.02 Å². The Labute approximate surface area is 74.1 Å². The molecular weight excluding hydrogens is 185 g/mol. The first-order valence-corrected chi connectivity index (χ1v) is 4.00. The van der Waals surface area contributed by atoms with Crippen molar-refractivity contribution in [1.29, 1.82) is 0 Å². The van der Waals surface area contributed by atoms with E-state index in [0.29, 0.717) is 5.02 Å². The van der Waals surface area contributed by atoms with Crippen molar-refractivity contribution in [2.45, 2.75) is 11.7 Å². The fourth-order valence-electron chi connectivity index (χ4n) is 0.875. The van der Waals surface area contributed by atoms with Crippen molar-refractivity contribution in [3.05, 3.63) is 29.0 Å². The van der Waals surface area contributed by atoms with E-state index < -0.39 is 0 Å². The van der Waals surface area contributed by atoms with E-state index in [4.69, 9.17) is 27.9 Å². The normalized spacial score (nSPS) is 28.5. The predicted molar refractivity (Wildman–Crippen MR) is 42.7 cm³/mol. The van der Waals surface area contributed by atoms with Crippen LogP contribution in [0.15, 0.2) is 18.3 Å². The fourth-order valence-corrected chi connectivity index (χ4v) is 1.28. The summed E-state index contributed by atoms with van der Waals surface area (Å²) in [5, 5.41) is 0.661. The van der Waals surface area contributed by atoms with E-state index in [1.165, 1.54) is 0 Å². The third-order valence-electron chi connectivity index (χ3n) is 1.47. The summed E-state index contributed by atoms with van der Waals surface area (Å²) in [6, 6.07) is 3.48. The lowest BCUT2D eigenvalue weighted by Gasteiger charge is -1.93. The Hall–Kier alpha value is -0.310. The van der Waals surface area contributed by atoms with Crippen LogP contribution in [0.1, 0.15) is 11.8 Å². The first-order chi connectivity index (χ1) is 5.27. The molecular formula is C7H5Cl2NO. The van der Waals surface area contributed by atoms with Crippen molar-refractivity contribution in [3.63, 3.8) is 0 Å². The Kier molecular flexibility index (Phi) is 1.75. The van der Waals surface area contributed by atoms with E-state index in [1.54, 1.807) is 18.3 Å². The van der Waals surface area contributed by atoms with E-state index in [0.717, 1.165) is 5.69 Å². The molecule has 0 saturated carbocycles. The molecule has 1 saturated heterocycles. The lowest BCUT2D eigenvalue weighted by atomic mass is 10.3.